The van der Waals surface area contributed by atoms with E-state index in [1.54, 1.807) is 13.0 Å². The lowest BCUT2D eigenvalue weighted by Crippen LogP contribution is -1.77. The van der Waals surface area contributed by atoms with Crippen molar-refractivity contribution in [3.8, 4) is 0 Å². The van der Waals surface area contributed by atoms with Crippen molar-refractivity contribution in [3.63, 3.8) is 0 Å². The highest BCUT2D eigenvalue weighted by molar-refractivity contribution is 6.65. The Balaban J connectivity index is 4.11. The SMILES string of the molecule is C=NC(Cl)=N/C(Cl)=C\C. The second-order valence-corrected chi connectivity index (χ2v) is 1.88. The molecule has 0 N–H and O–H groups in total. The summed E-state index contributed by atoms with van der Waals surface area (Å²) in [7, 11) is 0. The van der Waals surface area contributed by atoms with Crippen LogP contribution in [0, 0.1) is 0 Å². The molecule has 0 atom stereocenters. The van der Waals surface area contributed by atoms with Gasteiger partial charge in [0.2, 0.25) is 5.29 Å². The van der Waals surface area contributed by atoms with Crippen molar-refractivity contribution in [1.29, 1.82) is 0 Å². The molecule has 0 aromatic heterocycles. The van der Waals surface area contributed by atoms with Gasteiger partial charge in [-0.05, 0) is 25.2 Å². The first-order valence-corrected chi connectivity index (χ1v) is 2.99. The van der Waals surface area contributed by atoms with E-state index in [9.17, 15) is 0 Å². The minimum Gasteiger partial charge on any atom is -0.234 e. The van der Waals surface area contributed by atoms with Gasteiger partial charge in [-0.15, -0.1) is 0 Å². The van der Waals surface area contributed by atoms with Gasteiger partial charge in [-0.25, -0.2) is 9.98 Å². The molecule has 0 aromatic carbocycles. The van der Waals surface area contributed by atoms with E-state index in [2.05, 4.69) is 16.7 Å². The van der Waals surface area contributed by atoms with Gasteiger partial charge >= 0.3 is 0 Å². The van der Waals surface area contributed by atoms with Gasteiger partial charge in [-0.1, -0.05) is 17.7 Å². The largest absolute Gasteiger partial charge is 0.234 e. The molecule has 0 fully saturated rings. The average Bonchev–Trinajstić information content (AvgIpc) is 1.87. The van der Waals surface area contributed by atoms with Crippen LogP contribution in [-0.2, 0) is 0 Å². The summed E-state index contributed by atoms with van der Waals surface area (Å²) in [6.07, 6.45) is 1.61. The molecule has 4 heteroatoms. The van der Waals surface area contributed by atoms with E-state index < -0.39 is 0 Å². The molecule has 0 rings (SSSR count). The van der Waals surface area contributed by atoms with Crippen LogP contribution in [0.3, 0.4) is 0 Å². The Morgan fingerprint density at radius 3 is 2.44 bits per heavy atom. The van der Waals surface area contributed by atoms with Crippen molar-refractivity contribution in [2.75, 3.05) is 0 Å². The average molecular weight is 165 g/mol. The van der Waals surface area contributed by atoms with E-state index in [4.69, 9.17) is 23.2 Å². The fourth-order valence-corrected chi connectivity index (χ4v) is 0.402. The summed E-state index contributed by atoms with van der Waals surface area (Å²) in [4.78, 5) is 6.91. The molecule has 0 aromatic rings. The van der Waals surface area contributed by atoms with Gasteiger partial charge in [-0.2, -0.15) is 0 Å². The Morgan fingerprint density at radius 1 is 1.56 bits per heavy atom. The van der Waals surface area contributed by atoms with Crippen LogP contribution in [0.5, 0.6) is 0 Å². The van der Waals surface area contributed by atoms with E-state index in [0.717, 1.165) is 0 Å². The number of amidine groups is 1. The summed E-state index contributed by atoms with van der Waals surface area (Å²) in [6.45, 7) is 4.90. The second kappa shape index (κ2) is 4.53. The quantitative estimate of drug-likeness (QED) is 0.323. The lowest BCUT2D eigenvalue weighted by molar-refractivity contribution is 1.46. The normalized spacial score (nSPS) is 13.7. The van der Waals surface area contributed by atoms with Crippen molar-refractivity contribution < 1.29 is 0 Å². The Morgan fingerprint density at radius 2 is 2.11 bits per heavy atom. The molecule has 0 unspecified atom stereocenters. The molecular formula is C5H6Cl2N2. The summed E-state index contributed by atoms with van der Waals surface area (Å²) in [5.41, 5.74) is 0. The second-order valence-electron chi connectivity index (χ2n) is 1.15. The fraction of sp³-hybridized carbons (Fsp3) is 0.200. The van der Waals surface area contributed by atoms with Gasteiger partial charge in [-0.3, -0.25) is 0 Å². The standard InChI is InChI=1S/C5H6Cl2N2/c1-3-4(6)9-5(7)8-2/h3H,2H2,1H3/b4-3-,9-5?. The number of aliphatic imine (C=N–C) groups is 2. The van der Waals surface area contributed by atoms with Crippen molar-refractivity contribution in [2.24, 2.45) is 9.98 Å². The molecule has 0 saturated carbocycles. The van der Waals surface area contributed by atoms with Gasteiger partial charge in [0.1, 0.15) is 5.16 Å². The Kier molecular flexibility index (Phi) is 4.36. The lowest BCUT2D eigenvalue weighted by atomic mass is 10.7. The third kappa shape index (κ3) is 4.18. The van der Waals surface area contributed by atoms with Gasteiger partial charge in [0.05, 0.1) is 0 Å². The van der Waals surface area contributed by atoms with Crippen LogP contribution in [0.25, 0.3) is 0 Å². The minimum atomic E-state index is 0.0538. The molecule has 0 amide bonds. The molecule has 9 heavy (non-hydrogen) atoms. The van der Waals surface area contributed by atoms with E-state index in [0.29, 0.717) is 5.16 Å². The Labute approximate surface area is 63.9 Å². The van der Waals surface area contributed by atoms with Gasteiger partial charge < -0.3 is 0 Å². The van der Waals surface area contributed by atoms with Crippen molar-refractivity contribution >= 4 is 35.2 Å². The van der Waals surface area contributed by atoms with Crippen LogP contribution >= 0.6 is 23.2 Å². The number of hydrogen-bond acceptors (Lipinski definition) is 1. The van der Waals surface area contributed by atoms with E-state index in [1.807, 2.05) is 0 Å². The van der Waals surface area contributed by atoms with Crippen LogP contribution in [0.1, 0.15) is 6.92 Å². The molecule has 50 valence electrons. The van der Waals surface area contributed by atoms with E-state index in [-0.39, 0.29) is 5.29 Å². The third-order valence-electron chi connectivity index (χ3n) is 0.568. The first-order chi connectivity index (χ1) is 4.20. The molecule has 0 radical (unpaired) electrons. The molecule has 2 nitrogen and oxygen atoms in total. The predicted molar refractivity (Wildman–Crippen MR) is 42.4 cm³/mol. The minimum absolute atomic E-state index is 0.0538. The van der Waals surface area contributed by atoms with Gasteiger partial charge in [0.15, 0.2) is 0 Å². The summed E-state index contributed by atoms with van der Waals surface area (Å²) in [6, 6.07) is 0. The molecule has 0 aliphatic carbocycles. The van der Waals surface area contributed by atoms with Crippen LogP contribution in [0.15, 0.2) is 21.2 Å². The molecule has 0 heterocycles. The number of nitrogens with zero attached hydrogens (tertiary/aromatic N) is 2. The van der Waals surface area contributed by atoms with Crippen LogP contribution < -0.4 is 0 Å². The van der Waals surface area contributed by atoms with Crippen molar-refractivity contribution in [1.82, 2.24) is 0 Å². The predicted octanol–water partition coefficient (Wildman–Crippen LogP) is 2.38. The molecule has 0 spiro atoms. The zero-order chi connectivity index (χ0) is 7.28. The number of allylic oxidation sites excluding steroid dienone is 1. The maximum Gasteiger partial charge on any atom is 0.223 e. The zero-order valence-corrected chi connectivity index (χ0v) is 6.45. The Hall–Kier alpha value is -0.340. The topological polar surface area (TPSA) is 24.7 Å². The molecule has 0 aliphatic heterocycles. The van der Waals surface area contributed by atoms with Crippen LogP contribution in [0.2, 0.25) is 0 Å². The highest BCUT2D eigenvalue weighted by Gasteiger charge is 1.86. The fourth-order valence-electron chi connectivity index (χ4n) is 0.188. The van der Waals surface area contributed by atoms with Crippen molar-refractivity contribution in [3.05, 3.63) is 11.2 Å². The summed E-state index contributed by atoms with van der Waals surface area (Å²) < 4.78 is 0. The number of rotatable bonds is 1. The highest BCUT2D eigenvalue weighted by atomic mass is 35.5. The summed E-state index contributed by atoms with van der Waals surface area (Å²) >= 11 is 10.8. The first kappa shape index (κ1) is 8.66. The van der Waals surface area contributed by atoms with Gasteiger partial charge in [0.25, 0.3) is 0 Å². The third-order valence-corrected chi connectivity index (χ3v) is 1.07. The number of halogens is 2. The molecule has 0 aliphatic rings. The van der Waals surface area contributed by atoms with Crippen molar-refractivity contribution in [2.45, 2.75) is 6.92 Å². The molecule has 0 saturated heterocycles. The summed E-state index contributed by atoms with van der Waals surface area (Å²) in [5.74, 6) is 0. The Bertz CT molecular complexity index is 160. The molecule has 0 bridgehead atoms. The smallest absolute Gasteiger partial charge is 0.223 e. The maximum atomic E-state index is 5.44. The van der Waals surface area contributed by atoms with Crippen LogP contribution in [-0.4, -0.2) is 12.0 Å². The van der Waals surface area contributed by atoms with Crippen LogP contribution in [0.4, 0.5) is 0 Å². The zero-order valence-electron chi connectivity index (χ0n) is 4.93. The summed E-state index contributed by atoms with van der Waals surface area (Å²) in [5, 5.41) is 0.366. The first-order valence-electron chi connectivity index (χ1n) is 2.23. The monoisotopic (exact) mass is 164 g/mol. The number of hydrogen-bond donors (Lipinski definition) is 0. The molecular weight excluding hydrogens is 159 g/mol. The maximum absolute atomic E-state index is 5.44. The van der Waals surface area contributed by atoms with E-state index >= 15 is 0 Å². The highest BCUT2D eigenvalue weighted by Crippen LogP contribution is 2.03. The van der Waals surface area contributed by atoms with E-state index in [1.165, 1.54) is 0 Å². The lowest BCUT2D eigenvalue weighted by Gasteiger charge is -1.85. The van der Waals surface area contributed by atoms with Gasteiger partial charge in [0, 0.05) is 0 Å².